The number of hydrogen-bond donors (Lipinski definition) is 0. The maximum absolute atomic E-state index is 7.10. The fourth-order valence-electron chi connectivity index (χ4n) is 11.3. The van der Waals surface area contributed by atoms with Gasteiger partial charge in [0, 0.05) is 16.6 Å². The third-order valence-corrected chi connectivity index (χ3v) is 13.6. The zero-order chi connectivity index (χ0) is 37.7. The Kier molecular flexibility index (Phi) is 5.59. The highest BCUT2D eigenvalue weighted by Gasteiger charge is 2.57. The Bertz CT molecular complexity index is 3010. The van der Waals surface area contributed by atoms with Crippen molar-refractivity contribution in [2.45, 2.75) is 84.0 Å². The molecule has 0 saturated heterocycles. The number of imidazole rings is 1. The lowest BCUT2D eigenvalue weighted by Crippen LogP contribution is -2.65. The van der Waals surface area contributed by atoms with E-state index in [1.165, 1.54) is 99.7 Å². The van der Waals surface area contributed by atoms with Crippen LogP contribution >= 0.6 is 0 Å². The predicted octanol–water partition coefficient (Wildman–Crippen LogP) is 10.5. The van der Waals surface area contributed by atoms with Crippen molar-refractivity contribution in [2.75, 3.05) is 0 Å². The molecule has 4 aliphatic rings. The van der Waals surface area contributed by atoms with Crippen LogP contribution in [0.3, 0.4) is 0 Å². The Labute approximate surface area is 323 Å². The van der Waals surface area contributed by atoms with Gasteiger partial charge in [-0.05, 0) is 107 Å². The lowest BCUT2D eigenvalue weighted by molar-refractivity contribution is 0.485. The largest absolute Gasteiger partial charge is 0.458 e. The molecule has 3 nitrogen and oxygen atoms in total. The molecule has 6 aromatic carbocycles. The number of ether oxygens (including phenoxy) is 1. The van der Waals surface area contributed by atoms with Crippen LogP contribution in [0.2, 0.25) is 0 Å². The maximum atomic E-state index is 7.10. The molecule has 1 spiro atoms. The molecule has 0 fully saturated rings. The lowest BCUT2D eigenvalue weighted by atomic mass is 9.29. The number of aromatic nitrogens is 2. The number of hydrogen-bond acceptors (Lipinski definition) is 1. The topological polar surface area (TPSA) is 18.6 Å². The first-order chi connectivity index (χ1) is 26.2. The Balaban J connectivity index is 1.35. The van der Waals surface area contributed by atoms with E-state index in [4.69, 9.17) is 4.74 Å². The minimum atomic E-state index is -0.537. The van der Waals surface area contributed by atoms with Crippen LogP contribution in [0.25, 0.3) is 44.4 Å². The molecular weight excluding hydrogens is 667 g/mol. The first-order valence-corrected chi connectivity index (χ1v) is 20.1. The van der Waals surface area contributed by atoms with Gasteiger partial charge >= 0.3 is 0 Å². The summed E-state index contributed by atoms with van der Waals surface area (Å²) in [6.07, 6.45) is 0. The number of nitrogens with zero attached hydrogens (tertiary/aromatic N) is 2. The van der Waals surface area contributed by atoms with Crippen molar-refractivity contribution in [2.24, 2.45) is 0 Å². The SMILES string of the molecule is CC(C)(C)c1ccc2c(c1)C1(c3cc(C(C)(C)C)ccc3-2)c2cccc3c2B2c4c(cccc4-n4c5c2c1ccc5n1c2ccccc2c(C(C)(C)C)c41)O3. The molecule has 0 atom stereocenters. The van der Waals surface area contributed by atoms with Gasteiger partial charge in [0.1, 0.15) is 17.1 Å². The molecule has 0 N–H and O–H groups in total. The van der Waals surface area contributed by atoms with Gasteiger partial charge in [0.2, 0.25) is 0 Å². The van der Waals surface area contributed by atoms with Crippen LogP contribution in [0.15, 0.2) is 109 Å². The van der Waals surface area contributed by atoms with Crippen LogP contribution in [0.1, 0.15) is 101 Å². The summed E-state index contributed by atoms with van der Waals surface area (Å²) in [7, 11) is 0. The van der Waals surface area contributed by atoms with Crippen molar-refractivity contribution in [1.82, 2.24) is 8.97 Å². The fourth-order valence-corrected chi connectivity index (χ4v) is 11.3. The number of benzene rings is 6. The second kappa shape index (κ2) is 9.66. The number of rotatable bonds is 0. The van der Waals surface area contributed by atoms with Crippen molar-refractivity contribution in [3.8, 4) is 28.3 Å². The number of fused-ring (bicyclic) bond motifs is 13. The van der Waals surface area contributed by atoms with Crippen LogP contribution in [0.5, 0.6) is 11.5 Å². The molecule has 0 amide bonds. The smallest absolute Gasteiger partial charge is 0.257 e. The van der Waals surface area contributed by atoms with Gasteiger partial charge < -0.3 is 4.74 Å². The Morgan fingerprint density at radius 3 is 1.80 bits per heavy atom. The summed E-state index contributed by atoms with van der Waals surface area (Å²) in [4.78, 5) is 0. The minimum Gasteiger partial charge on any atom is -0.458 e. The van der Waals surface area contributed by atoms with E-state index in [9.17, 15) is 0 Å². The van der Waals surface area contributed by atoms with Gasteiger partial charge in [0.15, 0.2) is 0 Å². The van der Waals surface area contributed by atoms with Crippen molar-refractivity contribution in [1.29, 1.82) is 0 Å². The molecule has 268 valence electrons. The summed E-state index contributed by atoms with van der Waals surface area (Å²) in [6.45, 7) is 21.2. The highest BCUT2D eigenvalue weighted by atomic mass is 16.5. The first-order valence-electron chi connectivity index (χ1n) is 20.1. The molecule has 55 heavy (non-hydrogen) atoms. The third kappa shape index (κ3) is 3.61. The molecule has 2 aromatic heterocycles. The molecule has 0 bridgehead atoms. The molecule has 0 saturated carbocycles. The zero-order valence-electron chi connectivity index (χ0n) is 33.3. The maximum Gasteiger partial charge on any atom is 0.257 e. The monoisotopic (exact) mass is 712 g/mol. The second-order valence-electron chi connectivity index (χ2n) is 19.7. The molecule has 8 aromatic rings. The van der Waals surface area contributed by atoms with Gasteiger partial charge in [0.25, 0.3) is 6.71 Å². The van der Waals surface area contributed by atoms with Crippen LogP contribution in [-0.4, -0.2) is 15.7 Å². The molecular formula is C51H45BN2O. The average Bonchev–Trinajstić information content (AvgIpc) is 3.76. The lowest BCUT2D eigenvalue weighted by Gasteiger charge is -2.46. The summed E-state index contributed by atoms with van der Waals surface area (Å²) >= 11 is 0. The van der Waals surface area contributed by atoms with E-state index in [2.05, 4.69) is 180 Å². The molecule has 3 aliphatic heterocycles. The molecule has 5 heterocycles. The summed E-state index contributed by atoms with van der Waals surface area (Å²) in [6, 6.07) is 42.3. The first kappa shape index (κ1) is 31.8. The van der Waals surface area contributed by atoms with E-state index in [1.807, 2.05) is 0 Å². The Hall–Kier alpha value is -5.48. The summed E-state index contributed by atoms with van der Waals surface area (Å²) in [5, 5.41) is 1.32. The summed E-state index contributed by atoms with van der Waals surface area (Å²) < 4.78 is 12.3. The predicted molar refractivity (Wildman–Crippen MR) is 230 cm³/mol. The van der Waals surface area contributed by atoms with E-state index in [1.54, 1.807) is 0 Å². The number of para-hydroxylation sites is 1. The summed E-state index contributed by atoms with van der Waals surface area (Å²) in [5.41, 5.74) is 22.0. The van der Waals surface area contributed by atoms with Gasteiger partial charge in [-0.15, -0.1) is 0 Å². The van der Waals surface area contributed by atoms with Crippen molar-refractivity contribution in [3.05, 3.63) is 148 Å². The van der Waals surface area contributed by atoms with Gasteiger partial charge in [-0.3, -0.25) is 8.97 Å². The fraction of sp³-hybridized carbons (Fsp3) is 0.255. The molecule has 4 heteroatoms. The van der Waals surface area contributed by atoms with E-state index < -0.39 is 5.41 Å². The Morgan fingerprint density at radius 1 is 0.527 bits per heavy atom. The molecule has 0 unspecified atom stereocenters. The van der Waals surface area contributed by atoms with E-state index >= 15 is 0 Å². The average molecular weight is 713 g/mol. The normalized spacial score (nSPS) is 15.6. The van der Waals surface area contributed by atoms with Gasteiger partial charge in [0.05, 0.1) is 22.0 Å². The van der Waals surface area contributed by atoms with Gasteiger partial charge in [-0.2, -0.15) is 0 Å². The third-order valence-electron chi connectivity index (χ3n) is 13.6. The van der Waals surface area contributed by atoms with Crippen LogP contribution < -0.4 is 21.1 Å². The quantitative estimate of drug-likeness (QED) is 0.143. The Morgan fingerprint density at radius 2 is 1.15 bits per heavy atom. The van der Waals surface area contributed by atoms with Crippen molar-refractivity contribution < 1.29 is 4.74 Å². The van der Waals surface area contributed by atoms with E-state index in [0.717, 1.165) is 11.5 Å². The molecule has 12 rings (SSSR count). The highest BCUT2D eigenvalue weighted by molar-refractivity contribution is 7.00. The van der Waals surface area contributed by atoms with Crippen molar-refractivity contribution >= 4 is 50.7 Å². The summed E-state index contributed by atoms with van der Waals surface area (Å²) in [5.74, 6) is 1.95. The molecule has 0 radical (unpaired) electrons. The highest BCUT2D eigenvalue weighted by Crippen LogP contribution is 2.59. The van der Waals surface area contributed by atoms with Crippen molar-refractivity contribution in [3.63, 3.8) is 0 Å². The molecule has 1 aliphatic carbocycles. The van der Waals surface area contributed by atoms with Gasteiger partial charge in [-0.1, -0.05) is 141 Å². The standard InChI is InChI=1S/C51H45BN2O/c1-48(2,3)28-20-22-30-31-23-21-29(49(4,5)6)27-36(31)51(35(30)26-28)33-15-12-18-40-43(33)52-44-34(51)24-25-39-46(44)54(38-17-13-19-41(55-40)45(38)52)47-42(50(7,8)9)32-14-10-11-16-37(32)53(39)47/h10-27H,1-9H3. The van der Waals surface area contributed by atoms with Crippen LogP contribution in [-0.2, 0) is 21.7 Å². The second-order valence-corrected chi connectivity index (χ2v) is 19.7. The van der Waals surface area contributed by atoms with Crippen LogP contribution in [0, 0.1) is 0 Å². The van der Waals surface area contributed by atoms with Gasteiger partial charge in [-0.25, -0.2) is 0 Å². The minimum absolute atomic E-state index is 0.0111. The van der Waals surface area contributed by atoms with E-state index in [0.29, 0.717) is 0 Å². The van der Waals surface area contributed by atoms with E-state index in [-0.39, 0.29) is 23.0 Å². The van der Waals surface area contributed by atoms with Crippen LogP contribution in [0.4, 0.5) is 0 Å². The zero-order valence-corrected chi connectivity index (χ0v) is 33.3.